The maximum absolute atomic E-state index is 5.78. The Morgan fingerprint density at radius 3 is 2.25 bits per heavy atom. The van der Waals surface area contributed by atoms with E-state index in [9.17, 15) is 0 Å². The van der Waals surface area contributed by atoms with Gasteiger partial charge in [-0.3, -0.25) is 0 Å². The molecule has 0 radical (unpaired) electrons. The number of rotatable bonds is 5. The van der Waals surface area contributed by atoms with Crippen LogP contribution in [0.4, 0.5) is 0 Å². The molecule has 1 aliphatic heterocycles. The Kier molecular flexibility index (Phi) is 5.51. The van der Waals surface area contributed by atoms with Crippen LogP contribution in [0.25, 0.3) is 0 Å². The SMILES string of the molecule is CC(C)C1(c2ccc(CCCCl)cc2)CCN(C)CC1. The van der Waals surface area contributed by atoms with E-state index >= 15 is 0 Å². The van der Waals surface area contributed by atoms with Crippen molar-refractivity contribution in [2.75, 3.05) is 26.0 Å². The largest absolute Gasteiger partial charge is 0.306 e. The summed E-state index contributed by atoms with van der Waals surface area (Å²) < 4.78 is 0. The minimum atomic E-state index is 0.373. The van der Waals surface area contributed by atoms with E-state index in [1.165, 1.54) is 37.1 Å². The molecule has 0 atom stereocenters. The first kappa shape index (κ1) is 15.9. The molecule has 20 heavy (non-hydrogen) atoms. The summed E-state index contributed by atoms with van der Waals surface area (Å²) in [4.78, 5) is 2.45. The fraction of sp³-hybridized carbons (Fsp3) is 0.667. The highest BCUT2D eigenvalue weighted by molar-refractivity contribution is 6.17. The summed E-state index contributed by atoms with van der Waals surface area (Å²) in [5.74, 6) is 1.45. The van der Waals surface area contributed by atoms with Crippen LogP contribution in [0.3, 0.4) is 0 Å². The van der Waals surface area contributed by atoms with Gasteiger partial charge in [-0.25, -0.2) is 0 Å². The number of halogens is 1. The third-order valence-corrected chi connectivity index (χ3v) is 5.38. The molecule has 0 N–H and O–H groups in total. The summed E-state index contributed by atoms with van der Waals surface area (Å²) >= 11 is 5.78. The van der Waals surface area contributed by atoms with Crippen molar-refractivity contribution < 1.29 is 0 Å². The van der Waals surface area contributed by atoms with Crippen molar-refractivity contribution in [1.82, 2.24) is 4.90 Å². The van der Waals surface area contributed by atoms with Gasteiger partial charge in [-0.05, 0) is 62.9 Å². The number of benzene rings is 1. The molecule has 2 heteroatoms. The van der Waals surface area contributed by atoms with E-state index in [2.05, 4.69) is 50.1 Å². The summed E-state index contributed by atoms with van der Waals surface area (Å²) in [7, 11) is 2.24. The third-order valence-electron chi connectivity index (χ3n) is 5.11. The molecule has 0 aromatic heterocycles. The standard InChI is InChI=1S/C18H28ClN/c1-15(2)18(10-13-20(3)14-11-18)17-8-6-16(7-9-17)5-4-12-19/h6-9,15H,4-5,10-14H2,1-3H3. The van der Waals surface area contributed by atoms with Crippen molar-refractivity contribution in [3.8, 4) is 0 Å². The molecular weight excluding hydrogens is 266 g/mol. The normalized spacial score (nSPS) is 19.4. The summed E-state index contributed by atoms with van der Waals surface area (Å²) in [6.45, 7) is 7.19. The molecule has 1 fully saturated rings. The monoisotopic (exact) mass is 293 g/mol. The average Bonchev–Trinajstić information content (AvgIpc) is 2.46. The molecule has 1 aromatic carbocycles. The number of nitrogens with zero attached hydrogens (tertiary/aromatic N) is 1. The molecule has 0 amide bonds. The second-order valence-corrected chi connectivity index (χ2v) is 6.98. The van der Waals surface area contributed by atoms with Gasteiger partial charge < -0.3 is 4.90 Å². The number of alkyl halides is 1. The smallest absolute Gasteiger partial charge is 0.0226 e. The predicted molar refractivity (Wildman–Crippen MR) is 88.7 cm³/mol. The lowest BCUT2D eigenvalue weighted by atomic mass is 9.65. The first-order valence-electron chi connectivity index (χ1n) is 7.92. The number of hydrogen-bond acceptors (Lipinski definition) is 1. The Morgan fingerprint density at radius 1 is 1.15 bits per heavy atom. The topological polar surface area (TPSA) is 3.24 Å². The predicted octanol–water partition coefficient (Wildman–Crippen LogP) is 4.48. The van der Waals surface area contributed by atoms with Crippen molar-refractivity contribution in [3.63, 3.8) is 0 Å². The molecule has 1 saturated heterocycles. The highest BCUT2D eigenvalue weighted by Crippen LogP contribution is 2.41. The Bertz CT molecular complexity index is 402. The molecule has 1 nitrogen and oxygen atoms in total. The number of likely N-dealkylation sites (tertiary alicyclic amines) is 1. The van der Waals surface area contributed by atoms with Crippen LogP contribution in [0.15, 0.2) is 24.3 Å². The molecule has 1 aliphatic rings. The van der Waals surface area contributed by atoms with E-state index in [0.717, 1.165) is 18.7 Å². The Morgan fingerprint density at radius 2 is 1.75 bits per heavy atom. The van der Waals surface area contributed by atoms with Crippen LogP contribution >= 0.6 is 11.6 Å². The minimum absolute atomic E-state index is 0.373. The van der Waals surface area contributed by atoms with E-state index in [1.807, 2.05) is 0 Å². The van der Waals surface area contributed by atoms with Crippen LogP contribution < -0.4 is 0 Å². The van der Waals surface area contributed by atoms with Gasteiger partial charge in [-0.1, -0.05) is 38.1 Å². The number of hydrogen-bond donors (Lipinski definition) is 0. The summed E-state index contributed by atoms with van der Waals surface area (Å²) in [5, 5.41) is 0. The molecule has 0 saturated carbocycles. The molecule has 2 rings (SSSR count). The van der Waals surface area contributed by atoms with Gasteiger partial charge in [0, 0.05) is 11.3 Å². The summed E-state index contributed by atoms with van der Waals surface area (Å²) in [5.41, 5.74) is 3.33. The van der Waals surface area contributed by atoms with Crippen molar-refractivity contribution in [2.45, 2.75) is 44.9 Å². The lowest BCUT2D eigenvalue weighted by Gasteiger charge is -2.44. The first-order chi connectivity index (χ1) is 9.58. The van der Waals surface area contributed by atoms with Crippen LogP contribution in [0.2, 0.25) is 0 Å². The van der Waals surface area contributed by atoms with Gasteiger partial charge in [-0.15, -0.1) is 11.6 Å². The first-order valence-corrected chi connectivity index (χ1v) is 8.46. The van der Waals surface area contributed by atoms with Crippen LogP contribution in [-0.2, 0) is 11.8 Å². The summed E-state index contributed by atoms with van der Waals surface area (Å²) in [6, 6.07) is 9.36. The lowest BCUT2D eigenvalue weighted by molar-refractivity contribution is 0.146. The van der Waals surface area contributed by atoms with Gasteiger partial charge in [0.2, 0.25) is 0 Å². The Hall–Kier alpha value is -0.530. The van der Waals surface area contributed by atoms with Gasteiger partial charge in [0.1, 0.15) is 0 Å². The number of piperidine rings is 1. The highest BCUT2D eigenvalue weighted by atomic mass is 35.5. The quantitative estimate of drug-likeness (QED) is 0.724. The highest BCUT2D eigenvalue weighted by Gasteiger charge is 2.37. The van der Waals surface area contributed by atoms with Gasteiger partial charge in [0.15, 0.2) is 0 Å². The van der Waals surface area contributed by atoms with Crippen molar-refractivity contribution in [1.29, 1.82) is 0 Å². The molecule has 112 valence electrons. The van der Waals surface area contributed by atoms with Gasteiger partial charge in [-0.2, -0.15) is 0 Å². The zero-order valence-electron chi connectivity index (χ0n) is 13.2. The average molecular weight is 294 g/mol. The van der Waals surface area contributed by atoms with Crippen molar-refractivity contribution in [3.05, 3.63) is 35.4 Å². The van der Waals surface area contributed by atoms with Crippen LogP contribution in [-0.4, -0.2) is 30.9 Å². The van der Waals surface area contributed by atoms with Crippen molar-refractivity contribution in [2.24, 2.45) is 5.92 Å². The zero-order chi connectivity index (χ0) is 14.6. The fourth-order valence-corrected chi connectivity index (χ4v) is 3.62. The number of aryl methyl sites for hydroxylation is 1. The maximum atomic E-state index is 5.78. The molecule has 0 unspecified atom stereocenters. The molecule has 0 spiro atoms. The zero-order valence-corrected chi connectivity index (χ0v) is 13.9. The molecule has 0 bridgehead atoms. The summed E-state index contributed by atoms with van der Waals surface area (Å²) in [6.07, 6.45) is 4.73. The second kappa shape index (κ2) is 6.95. The van der Waals surface area contributed by atoms with Crippen LogP contribution in [0.5, 0.6) is 0 Å². The second-order valence-electron chi connectivity index (χ2n) is 6.60. The Labute approximate surface area is 129 Å². The van der Waals surface area contributed by atoms with E-state index in [-0.39, 0.29) is 0 Å². The van der Waals surface area contributed by atoms with Gasteiger partial charge in [0.05, 0.1) is 0 Å². The molecule has 1 aromatic rings. The fourth-order valence-electron chi connectivity index (χ4n) is 3.49. The molecular formula is C18H28ClN. The van der Waals surface area contributed by atoms with E-state index in [1.54, 1.807) is 0 Å². The van der Waals surface area contributed by atoms with Crippen LogP contribution in [0.1, 0.15) is 44.2 Å². The lowest BCUT2D eigenvalue weighted by Crippen LogP contribution is -2.44. The van der Waals surface area contributed by atoms with Gasteiger partial charge in [0.25, 0.3) is 0 Å². The molecule has 0 aliphatic carbocycles. The third kappa shape index (κ3) is 3.38. The van der Waals surface area contributed by atoms with Crippen molar-refractivity contribution >= 4 is 11.6 Å². The van der Waals surface area contributed by atoms with E-state index < -0.39 is 0 Å². The van der Waals surface area contributed by atoms with Crippen LogP contribution in [0, 0.1) is 5.92 Å². The van der Waals surface area contributed by atoms with E-state index in [0.29, 0.717) is 11.3 Å². The van der Waals surface area contributed by atoms with Gasteiger partial charge >= 0.3 is 0 Å². The Balaban J connectivity index is 2.17. The van der Waals surface area contributed by atoms with E-state index in [4.69, 9.17) is 11.6 Å². The molecule has 1 heterocycles. The minimum Gasteiger partial charge on any atom is -0.306 e. The maximum Gasteiger partial charge on any atom is 0.0226 e.